The fourth-order valence-corrected chi connectivity index (χ4v) is 3.86. The normalized spacial score (nSPS) is 15.4. The maximum atomic E-state index is 5.36. The Kier molecular flexibility index (Phi) is 4.02. The van der Waals surface area contributed by atoms with Gasteiger partial charge in [-0.1, -0.05) is 91.0 Å². The van der Waals surface area contributed by atoms with Crippen molar-refractivity contribution in [2.45, 2.75) is 5.54 Å². The average molecular weight is 364 g/mol. The van der Waals surface area contributed by atoms with Gasteiger partial charge in [0.25, 0.3) is 0 Å². The molecule has 0 amide bonds. The van der Waals surface area contributed by atoms with Gasteiger partial charge in [-0.25, -0.2) is 14.7 Å². The summed E-state index contributed by atoms with van der Waals surface area (Å²) in [7, 11) is 0. The lowest BCUT2D eigenvalue weighted by Crippen LogP contribution is -2.42. The zero-order valence-electron chi connectivity index (χ0n) is 15.4. The molecule has 0 fully saturated rings. The Morgan fingerprint density at radius 3 is 1.82 bits per heavy atom. The molecule has 0 saturated carbocycles. The predicted molar refractivity (Wildman–Crippen MR) is 112 cm³/mol. The summed E-state index contributed by atoms with van der Waals surface area (Å²) in [5, 5.41) is 2.20. The second-order valence-electron chi connectivity index (χ2n) is 6.89. The van der Waals surface area contributed by atoms with Crippen LogP contribution in [0, 0.1) is 0 Å². The molecule has 1 aromatic heterocycles. The monoisotopic (exact) mass is 364 g/mol. The van der Waals surface area contributed by atoms with Gasteiger partial charge >= 0.3 is 0 Å². The van der Waals surface area contributed by atoms with Crippen LogP contribution in [0.1, 0.15) is 16.7 Å². The van der Waals surface area contributed by atoms with E-state index in [0.717, 1.165) is 11.4 Å². The van der Waals surface area contributed by atoms with Gasteiger partial charge in [-0.15, -0.1) is 0 Å². The van der Waals surface area contributed by atoms with Crippen LogP contribution in [0.2, 0.25) is 0 Å². The molecule has 0 spiro atoms. The third-order valence-electron chi connectivity index (χ3n) is 5.22. The van der Waals surface area contributed by atoms with Crippen molar-refractivity contribution in [1.82, 2.24) is 9.66 Å². The van der Waals surface area contributed by atoms with E-state index in [1.807, 2.05) is 35.4 Å². The highest BCUT2D eigenvalue weighted by atomic mass is 15.6. The predicted octanol–water partition coefficient (Wildman–Crippen LogP) is 4.23. The number of benzene rings is 3. The number of imidazole rings is 1. The van der Waals surface area contributed by atoms with Crippen LogP contribution in [0.3, 0.4) is 0 Å². The molecular formula is C24H20N4. The van der Waals surface area contributed by atoms with E-state index < -0.39 is 5.54 Å². The molecule has 2 heterocycles. The molecule has 0 aliphatic carbocycles. The molecule has 0 radical (unpaired) electrons. The van der Waals surface area contributed by atoms with E-state index in [-0.39, 0.29) is 0 Å². The third-order valence-corrected chi connectivity index (χ3v) is 5.22. The van der Waals surface area contributed by atoms with E-state index in [4.69, 9.17) is 4.99 Å². The quantitative estimate of drug-likeness (QED) is 0.543. The van der Waals surface area contributed by atoms with Gasteiger partial charge in [-0.3, -0.25) is 5.01 Å². The summed E-state index contributed by atoms with van der Waals surface area (Å²) in [6.45, 7) is 0.696. The number of nitrogens with zero attached hydrogens (tertiary/aromatic N) is 4. The minimum absolute atomic E-state index is 0.488. The van der Waals surface area contributed by atoms with Gasteiger partial charge in [-0.2, -0.15) is 0 Å². The van der Waals surface area contributed by atoms with Crippen molar-refractivity contribution in [3.8, 4) is 0 Å². The third kappa shape index (κ3) is 2.70. The summed E-state index contributed by atoms with van der Waals surface area (Å²) < 4.78 is 2.01. The molecule has 4 heteroatoms. The van der Waals surface area contributed by atoms with Crippen LogP contribution in [0.4, 0.5) is 0 Å². The summed E-state index contributed by atoms with van der Waals surface area (Å²) in [5.41, 5.74) is 2.96. The lowest BCUT2D eigenvalue weighted by molar-refractivity contribution is 0.548. The molecule has 4 aromatic rings. The smallest absolute Gasteiger partial charge is 0.151 e. The summed E-state index contributed by atoms with van der Waals surface area (Å²) in [6, 6.07) is 31.4. The van der Waals surface area contributed by atoms with Gasteiger partial charge in [0.1, 0.15) is 11.9 Å². The van der Waals surface area contributed by atoms with Crippen molar-refractivity contribution in [3.63, 3.8) is 0 Å². The van der Waals surface area contributed by atoms with E-state index in [2.05, 4.69) is 82.8 Å². The van der Waals surface area contributed by atoms with E-state index >= 15 is 0 Å². The van der Waals surface area contributed by atoms with Crippen LogP contribution in [-0.4, -0.2) is 22.0 Å². The second kappa shape index (κ2) is 6.82. The highest BCUT2D eigenvalue weighted by molar-refractivity contribution is 6.07. The summed E-state index contributed by atoms with van der Waals surface area (Å²) in [5.74, 6) is 0.936. The Morgan fingerprint density at radius 1 is 0.714 bits per heavy atom. The number of hydrogen-bond donors (Lipinski definition) is 0. The van der Waals surface area contributed by atoms with Crippen LogP contribution < -0.4 is 5.01 Å². The number of aromatic nitrogens is 2. The van der Waals surface area contributed by atoms with E-state index in [1.54, 1.807) is 6.20 Å². The number of hydrogen-bond acceptors (Lipinski definition) is 3. The largest absolute Gasteiger partial charge is 0.260 e. The minimum atomic E-state index is -0.488. The molecule has 0 atom stereocenters. The van der Waals surface area contributed by atoms with Crippen molar-refractivity contribution in [1.29, 1.82) is 0 Å². The summed E-state index contributed by atoms with van der Waals surface area (Å²) in [4.78, 5) is 9.62. The Balaban J connectivity index is 1.75. The van der Waals surface area contributed by atoms with Crippen molar-refractivity contribution < 1.29 is 0 Å². The molecule has 0 bridgehead atoms. The van der Waals surface area contributed by atoms with Gasteiger partial charge in [0, 0.05) is 18.0 Å². The first-order valence-electron chi connectivity index (χ1n) is 9.39. The van der Waals surface area contributed by atoms with Gasteiger partial charge in [-0.05, 0) is 11.1 Å². The summed E-state index contributed by atoms with van der Waals surface area (Å²) in [6.07, 6.45) is 5.59. The first-order chi connectivity index (χ1) is 13.9. The molecule has 3 aromatic carbocycles. The SMILES string of the molecule is c1ccc(C2=NC(c3ccccc3)(c3ccccc3)CN2n2ccnc2)cc1. The molecular weight excluding hydrogens is 344 g/mol. The number of rotatable bonds is 4. The van der Waals surface area contributed by atoms with E-state index in [9.17, 15) is 0 Å². The van der Waals surface area contributed by atoms with Crippen molar-refractivity contribution in [3.05, 3.63) is 126 Å². The minimum Gasteiger partial charge on any atom is -0.260 e. The maximum Gasteiger partial charge on any atom is 0.151 e. The second-order valence-corrected chi connectivity index (χ2v) is 6.89. The molecule has 1 aliphatic rings. The van der Waals surface area contributed by atoms with Gasteiger partial charge < -0.3 is 0 Å². The van der Waals surface area contributed by atoms with E-state index in [1.165, 1.54) is 11.1 Å². The van der Waals surface area contributed by atoms with Crippen LogP contribution in [0.5, 0.6) is 0 Å². The molecule has 136 valence electrons. The molecule has 0 saturated heterocycles. The molecule has 28 heavy (non-hydrogen) atoms. The van der Waals surface area contributed by atoms with Gasteiger partial charge in [0.05, 0.1) is 6.54 Å². The Hall–Kier alpha value is -3.66. The maximum absolute atomic E-state index is 5.36. The van der Waals surface area contributed by atoms with Crippen molar-refractivity contribution in [2.75, 3.05) is 11.6 Å². The Bertz CT molecular complexity index is 1030. The fraction of sp³-hybridized carbons (Fsp3) is 0.0833. The zero-order chi connectivity index (χ0) is 18.8. The molecule has 4 nitrogen and oxygen atoms in total. The summed E-state index contributed by atoms with van der Waals surface area (Å²) >= 11 is 0. The van der Waals surface area contributed by atoms with E-state index in [0.29, 0.717) is 6.54 Å². The van der Waals surface area contributed by atoms with Crippen LogP contribution in [0.25, 0.3) is 0 Å². The lowest BCUT2D eigenvalue weighted by Gasteiger charge is -2.29. The van der Waals surface area contributed by atoms with Crippen LogP contribution in [-0.2, 0) is 5.54 Å². The van der Waals surface area contributed by atoms with Gasteiger partial charge in [0.15, 0.2) is 5.84 Å². The zero-order valence-corrected chi connectivity index (χ0v) is 15.4. The van der Waals surface area contributed by atoms with Gasteiger partial charge in [0.2, 0.25) is 0 Å². The van der Waals surface area contributed by atoms with Crippen molar-refractivity contribution >= 4 is 5.84 Å². The van der Waals surface area contributed by atoms with Crippen molar-refractivity contribution in [2.24, 2.45) is 4.99 Å². The highest BCUT2D eigenvalue weighted by Crippen LogP contribution is 2.39. The number of aliphatic imine (C=N–C) groups is 1. The Labute approximate surface area is 164 Å². The average Bonchev–Trinajstić information content (AvgIpc) is 3.44. The first-order valence-corrected chi connectivity index (χ1v) is 9.39. The number of amidine groups is 1. The molecule has 0 N–H and O–H groups in total. The van der Waals surface area contributed by atoms with Crippen LogP contribution >= 0.6 is 0 Å². The first kappa shape index (κ1) is 16.5. The fourth-order valence-electron chi connectivity index (χ4n) is 3.86. The molecule has 0 unspecified atom stereocenters. The topological polar surface area (TPSA) is 33.4 Å². The lowest BCUT2D eigenvalue weighted by atomic mass is 9.84. The standard InChI is InChI=1S/C24H20N4/c1-4-10-20(11-5-1)23-26-24(21-12-6-2-7-13-21,22-14-8-3-9-15-22)18-28(23)27-17-16-25-19-27/h1-17,19H,18H2. The van der Waals surface area contributed by atoms with Crippen LogP contribution in [0.15, 0.2) is 115 Å². The molecule has 5 rings (SSSR count). The Morgan fingerprint density at radius 2 is 1.29 bits per heavy atom. The highest BCUT2D eigenvalue weighted by Gasteiger charge is 2.43. The molecule has 1 aliphatic heterocycles.